The molecular weight excluding hydrogens is 192 g/mol. The number of esters is 1. The second kappa shape index (κ2) is 4.82. The molecule has 0 aliphatic rings. The summed E-state index contributed by atoms with van der Waals surface area (Å²) < 4.78 is 5.01. The molecule has 0 unspecified atom stereocenters. The van der Waals surface area contributed by atoms with Gasteiger partial charge in [0.05, 0.1) is 6.61 Å². The van der Waals surface area contributed by atoms with Gasteiger partial charge in [0.2, 0.25) is 0 Å². The van der Waals surface area contributed by atoms with Gasteiger partial charge in [-0.1, -0.05) is 19.9 Å². The molecule has 0 radical (unpaired) electrons. The second-order valence-electron chi connectivity index (χ2n) is 4.01. The summed E-state index contributed by atoms with van der Waals surface area (Å²) in [6, 6.07) is 4.89. The molecular formula is C12H16O3. The molecule has 15 heavy (non-hydrogen) atoms. The van der Waals surface area contributed by atoms with Gasteiger partial charge in [-0.05, 0) is 30.5 Å². The average molecular weight is 208 g/mol. The molecule has 3 heteroatoms. The summed E-state index contributed by atoms with van der Waals surface area (Å²) in [6.07, 6.45) is 0. The first-order valence-corrected chi connectivity index (χ1v) is 4.97. The first-order valence-electron chi connectivity index (χ1n) is 4.97. The van der Waals surface area contributed by atoms with Crippen LogP contribution in [0.5, 0.6) is 5.75 Å². The summed E-state index contributed by atoms with van der Waals surface area (Å²) in [7, 11) is 0. The van der Waals surface area contributed by atoms with Gasteiger partial charge in [-0.25, -0.2) is 4.79 Å². The number of rotatable bonds is 3. The Balaban J connectivity index is 2.74. The standard InChI is InChI=1S/C12H16O3/c1-8(2)7-15-12(14)10-5-4-9(3)6-11(10)13/h4-6,8,13H,7H2,1-3H3. The third-order valence-electron chi connectivity index (χ3n) is 1.92. The Morgan fingerprint density at radius 1 is 1.47 bits per heavy atom. The van der Waals surface area contributed by atoms with Gasteiger partial charge in [-0.15, -0.1) is 0 Å². The lowest BCUT2D eigenvalue weighted by molar-refractivity contribution is 0.0455. The first-order chi connectivity index (χ1) is 7.00. The minimum absolute atomic E-state index is 0.0243. The summed E-state index contributed by atoms with van der Waals surface area (Å²) in [5.41, 5.74) is 1.13. The highest BCUT2D eigenvalue weighted by Crippen LogP contribution is 2.19. The van der Waals surface area contributed by atoms with Crippen LogP contribution in [0.2, 0.25) is 0 Å². The Morgan fingerprint density at radius 3 is 2.67 bits per heavy atom. The maximum Gasteiger partial charge on any atom is 0.341 e. The van der Waals surface area contributed by atoms with Crippen LogP contribution in [0.25, 0.3) is 0 Å². The monoisotopic (exact) mass is 208 g/mol. The molecule has 0 bridgehead atoms. The Bertz CT molecular complexity index is 356. The zero-order chi connectivity index (χ0) is 11.4. The van der Waals surface area contributed by atoms with Gasteiger partial charge in [0.1, 0.15) is 11.3 Å². The van der Waals surface area contributed by atoms with Crippen molar-refractivity contribution in [2.75, 3.05) is 6.61 Å². The van der Waals surface area contributed by atoms with Crippen molar-refractivity contribution in [3.63, 3.8) is 0 Å². The molecule has 0 amide bonds. The number of aromatic hydroxyl groups is 1. The highest BCUT2D eigenvalue weighted by Gasteiger charge is 2.12. The van der Waals surface area contributed by atoms with E-state index in [1.165, 1.54) is 0 Å². The van der Waals surface area contributed by atoms with Crippen molar-refractivity contribution in [3.05, 3.63) is 29.3 Å². The number of carbonyl (C=O) groups is 1. The minimum atomic E-state index is -0.471. The minimum Gasteiger partial charge on any atom is -0.507 e. The van der Waals surface area contributed by atoms with E-state index in [4.69, 9.17) is 4.74 Å². The zero-order valence-electron chi connectivity index (χ0n) is 9.28. The van der Waals surface area contributed by atoms with Crippen molar-refractivity contribution in [3.8, 4) is 5.75 Å². The van der Waals surface area contributed by atoms with Crippen LogP contribution in [0.1, 0.15) is 29.8 Å². The van der Waals surface area contributed by atoms with E-state index in [-0.39, 0.29) is 11.3 Å². The Kier molecular flexibility index (Phi) is 3.72. The highest BCUT2D eigenvalue weighted by molar-refractivity contribution is 5.92. The molecule has 1 aromatic carbocycles. The molecule has 82 valence electrons. The molecule has 0 atom stereocenters. The average Bonchev–Trinajstić information content (AvgIpc) is 2.14. The molecule has 0 fully saturated rings. The molecule has 3 nitrogen and oxygen atoms in total. The smallest absolute Gasteiger partial charge is 0.341 e. The van der Waals surface area contributed by atoms with Crippen LogP contribution in [-0.2, 0) is 4.74 Å². The van der Waals surface area contributed by atoms with Gasteiger partial charge in [0.25, 0.3) is 0 Å². The topological polar surface area (TPSA) is 46.5 Å². The van der Waals surface area contributed by atoms with E-state index in [9.17, 15) is 9.90 Å². The molecule has 0 aliphatic heterocycles. The van der Waals surface area contributed by atoms with Crippen LogP contribution < -0.4 is 0 Å². The Labute approximate surface area is 89.7 Å². The van der Waals surface area contributed by atoms with Gasteiger partial charge >= 0.3 is 5.97 Å². The van der Waals surface area contributed by atoms with Crippen molar-refractivity contribution in [2.24, 2.45) is 5.92 Å². The fourth-order valence-electron chi connectivity index (χ4n) is 1.13. The SMILES string of the molecule is Cc1ccc(C(=O)OCC(C)C)c(O)c1. The second-order valence-corrected chi connectivity index (χ2v) is 4.01. The Hall–Kier alpha value is -1.51. The lowest BCUT2D eigenvalue weighted by Crippen LogP contribution is -2.10. The van der Waals surface area contributed by atoms with E-state index in [1.807, 2.05) is 20.8 Å². The lowest BCUT2D eigenvalue weighted by atomic mass is 10.1. The summed E-state index contributed by atoms with van der Waals surface area (Å²) in [4.78, 5) is 11.5. The normalized spacial score (nSPS) is 10.4. The fraction of sp³-hybridized carbons (Fsp3) is 0.417. The van der Waals surface area contributed by atoms with Crippen LogP contribution in [-0.4, -0.2) is 17.7 Å². The third kappa shape index (κ3) is 3.27. The van der Waals surface area contributed by atoms with E-state index >= 15 is 0 Å². The zero-order valence-corrected chi connectivity index (χ0v) is 9.28. The number of ether oxygens (including phenoxy) is 1. The van der Waals surface area contributed by atoms with Crippen molar-refractivity contribution < 1.29 is 14.6 Å². The van der Waals surface area contributed by atoms with Crippen molar-refractivity contribution in [1.29, 1.82) is 0 Å². The largest absolute Gasteiger partial charge is 0.507 e. The molecule has 0 saturated carbocycles. The van der Waals surface area contributed by atoms with Crippen molar-refractivity contribution in [1.82, 2.24) is 0 Å². The highest BCUT2D eigenvalue weighted by atomic mass is 16.5. The summed E-state index contributed by atoms with van der Waals surface area (Å²) in [5, 5.41) is 9.53. The van der Waals surface area contributed by atoms with Crippen LogP contribution in [0, 0.1) is 12.8 Å². The molecule has 0 saturated heterocycles. The number of hydrogen-bond donors (Lipinski definition) is 1. The number of hydrogen-bond acceptors (Lipinski definition) is 3. The van der Waals surface area contributed by atoms with Crippen molar-refractivity contribution in [2.45, 2.75) is 20.8 Å². The Morgan fingerprint density at radius 2 is 2.13 bits per heavy atom. The van der Waals surface area contributed by atoms with Gasteiger partial charge < -0.3 is 9.84 Å². The van der Waals surface area contributed by atoms with Gasteiger partial charge in [-0.3, -0.25) is 0 Å². The number of carbonyl (C=O) groups excluding carboxylic acids is 1. The predicted molar refractivity (Wildman–Crippen MR) is 58.0 cm³/mol. The molecule has 1 aromatic rings. The fourth-order valence-corrected chi connectivity index (χ4v) is 1.13. The third-order valence-corrected chi connectivity index (χ3v) is 1.92. The number of benzene rings is 1. The molecule has 0 aromatic heterocycles. The van der Waals surface area contributed by atoms with Crippen molar-refractivity contribution >= 4 is 5.97 Å². The van der Waals surface area contributed by atoms with Crippen LogP contribution in [0.3, 0.4) is 0 Å². The van der Waals surface area contributed by atoms with E-state index in [0.29, 0.717) is 12.5 Å². The summed E-state index contributed by atoms with van der Waals surface area (Å²) >= 11 is 0. The van der Waals surface area contributed by atoms with Gasteiger partial charge in [-0.2, -0.15) is 0 Å². The maximum absolute atomic E-state index is 11.5. The first kappa shape index (κ1) is 11.6. The summed E-state index contributed by atoms with van der Waals surface area (Å²) in [6.45, 7) is 6.14. The summed E-state index contributed by atoms with van der Waals surface area (Å²) in [5.74, 6) is -0.202. The van der Waals surface area contributed by atoms with Gasteiger partial charge in [0, 0.05) is 0 Å². The lowest BCUT2D eigenvalue weighted by Gasteiger charge is -2.08. The van der Waals surface area contributed by atoms with E-state index in [1.54, 1.807) is 18.2 Å². The number of phenolic OH excluding ortho intramolecular Hbond substituents is 1. The van der Waals surface area contributed by atoms with Crippen LogP contribution in [0.15, 0.2) is 18.2 Å². The number of aryl methyl sites for hydroxylation is 1. The predicted octanol–water partition coefficient (Wildman–Crippen LogP) is 2.51. The quantitative estimate of drug-likeness (QED) is 0.776. The maximum atomic E-state index is 11.5. The van der Waals surface area contributed by atoms with Crippen LogP contribution in [0.4, 0.5) is 0 Å². The molecule has 1 N–H and O–H groups in total. The molecule has 0 heterocycles. The number of phenols is 1. The molecule has 0 aliphatic carbocycles. The van der Waals surface area contributed by atoms with Gasteiger partial charge in [0.15, 0.2) is 0 Å². The van der Waals surface area contributed by atoms with E-state index in [0.717, 1.165) is 5.56 Å². The van der Waals surface area contributed by atoms with E-state index in [2.05, 4.69) is 0 Å². The molecule has 0 spiro atoms. The van der Waals surface area contributed by atoms with E-state index < -0.39 is 5.97 Å². The van der Waals surface area contributed by atoms with Crippen LogP contribution >= 0.6 is 0 Å². The molecule has 1 rings (SSSR count).